The van der Waals surface area contributed by atoms with E-state index in [2.05, 4.69) is 0 Å². The van der Waals surface area contributed by atoms with Crippen LogP contribution in [0.25, 0.3) is 0 Å². The highest BCUT2D eigenvalue weighted by atomic mass is 16.6. The van der Waals surface area contributed by atoms with Crippen molar-refractivity contribution in [3.8, 4) is 0 Å². The molecule has 0 aromatic heterocycles. The number of aliphatic hydroxyl groups excluding tert-OH is 1. The summed E-state index contributed by atoms with van der Waals surface area (Å²) < 4.78 is 4.98. The summed E-state index contributed by atoms with van der Waals surface area (Å²) in [7, 11) is 0. The van der Waals surface area contributed by atoms with Crippen LogP contribution in [0, 0.1) is 0 Å². The highest BCUT2D eigenvalue weighted by molar-refractivity contribution is 6.09. The molecule has 1 saturated heterocycles. The highest BCUT2D eigenvalue weighted by Gasteiger charge is 2.55. The van der Waals surface area contributed by atoms with Crippen molar-refractivity contribution >= 4 is 12.1 Å². The van der Waals surface area contributed by atoms with E-state index in [-0.39, 0.29) is 16.9 Å². The molecule has 3 atom stereocenters. The number of carbonyl (C=O) groups is 2. The fourth-order valence-corrected chi connectivity index (χ4v) is 1.68. The van der Waals surface area contributed by atoms with Crippen LogP contribution in [0.3, 0.4) is 0 Å². The predicted molar refractivity (Wildman–Crippen MR) is 47.6 cm³/mol. The second-order valence-electron chi connectivity index (χ2n) is 3.32. The zero-order chi connectivity index (χ0) is 10.3. The van der Waals surface area contributed by atoms with Gasteiger partial charge in [0.2, 0.25) is 0 Å². The number of ketones is 1. The molecular weight excluding hydrogens is 184 g/mol. The standard InChI is InChI=1S/C10H10O4/c1-2-3-5-6(4-11)8(13)10-9(14-10)7(5)12/h2-4,8-10,13H,1H3/b3-2+/t8-,9-,10+/m0/s1. The van der Waals surface area contributed by atoms with Crippen LogP contribution >= 0.6 is 0 Å². The fourth-order valence-electron chi connectivity index (χ4n) is 1.68. The minimum atomic E-state index is -0.957. The van der Waals surface area contributed by atoms with E-state index in [1.165, 1.54) is 6.08 Å². The van der Waals surface area contributed by atoms with Crippen LogP contribution in [0.2, 0.25) is 0 Å². The number of rotatable bonds is 2. The number of hydrogen-bond donors (Lipinski definition) is 1. The lowest BCUT2D eigenvalue weighted by molar-refractivity contribution is -0.117. The Balaban J connectivity index is 2.46. The van der Waals surface area contributed by atoms with Gasteiger partial charge in [-0.05, 0) is 6.92 Å². The van der Waals surface area contributed by atoms with Gasteiger partial charge in [-0.3, -0.25) is 9.59 Å². The van der Waals surface area contributed by atoms with Gasteiger partial charge >= 0.3 is 0 Å². The highest BCUT2D eigenvalue weighted by Crippen LogP contribution is 2.37. The van der Waals surface area contributed by atoms with Gasteiger partial charge in [-0.2, -0.15) is 0 Å². The molecule has 0 aromatic carbocycles. The number of epoxide rings is 1. The molecule has 0 saturated carbocycles. The molecule has 4 heteroatoms. The third-order valence-electron chi connectivity index (χ3n) is 2.45. The fraction of sp³-hybridized carbons (Fsp3) is 0.400. The number of Topliss-reactive ketones (excluding diaryl/α,β-unsaturated/α-hetero) is 1. The molecule has 4 nitrogen and oxygen atoms in total. The van der Waals surface area contributed by atoms with E-state index < -0.39 is 18.3 Å². The van der Waals surface area contributed by atoms with Crippen molar-refractivity contribution in [3.63, 3.8) is 0 Å². The van der Waals surface area contributed by atoms with Crippen LogP contribution in [0.4, 0.5) is 0 Å². The number of aliphatic hydroxyl groups is 1. The van der Waals surface area contributed by atoms with E-state index in [4.69, 9.17) is 4.74 Å². The van der Waals surface area contributed by atoms with Crippen molar-refractivity contribution in [1.29, 1.82) is 0 Å². The van der Waals surface area contributed by atoms with Crippen molar-refractivity contribution in [2.45, 2.75) is 25.2 Å². The van der Waals surface area contributed by atoms with E-state index in [9.17, 15) is 14.7 Å². The average molecular weight is 194 g/mol. The number of ether oxygens (including phenoxy) is 1. The molecule has 0 spiro atoms. The van der Waals surface area contributed by atoms with Gasteiger partial charge in [-0.15, -0.1) is 0 Å². The zero-order valence-corrected chi connectivity index (χ0v) is 7.64. The van der Waals surface area contributed by atoms with E-state index in [0.29, 0.717) is 6.29 Å². The van der Waals surface area contributed by atoms with Crippen molar-refractivity contribution in [2.75, 3.05) is 0 Å². The quantitative estimate of drug-likeness (QED) is 0.487. The first kappa shape index (κ1) is 9.30. The Labute approximate surface area is 80.9 Å². The largest absolute Gasteiger partial charge is 0.385 e. The number of aldehydes is 1. The Morgan fingerprint density at radius 1 is 1.50 bits per heavy atom. The lowest BCUT2D eigenvalue weighted by Crippen LogP contribution is -2.31. The smallest absolute Gasteiger partial charge is 0.194 e. The number of allylic oxidation sites excluding steroid dienone is 2. The summed E-state index contributed by atoms with van der Waals surface area (Å²) in [5.74, 6) is -0.208. The van der Waals surface area contributed by atoms with Crippen LogP contribution in [-0.2, 0) is 14.3 Å². The number of fused-ring (bicyclic) bond motifs is 1. The summed E-state index contributed by atoms with van der Waals surface area (Å²) >= 11 is 0. The van der Waals surface area contributed by atoms with E-state index in [1.807, 2.05) is 0 Å². The molecule has 0 radical (unpaired) electrons. The van der Waals surface area contributed by atoms with Crippen molar-refractivity contribution in [2.24, 2.45) is 0 Å². The molecule has 1 aliphatic heterocycles. The SMILES string of the molecule is C/C=C/C1=C(C=O)[C@H](O)[C@H]2O[C@H]2C1=O. The maximum Gasteiger partial charge on any atom is 0.194 e. The average Bonchev–Trinajstić information content (AvgIpc) is 2.94. The maximum absolute atomic E-state index is 11.6. The lowest BCUT2D eigenvalue weighted by Gasteiger charge is -2.14. The summed E-state index contributed by atoms with van der Waals surface area (Å²) in [5.41, 5.74) is 0.403. The molecule has 0 unspecified atom stereocenters. The molecule has 2 aliphatic rings. The summed E-state index contributed by atoms with van der Waals surface area (Å²) in [6.07, 6.45) is 1.72. The molecule has 0 bridgehead atoms. The first-order valence-electron chi connectivity index (χ1n) is 4.40. The van der Waals surface area contributed by atoms with Crippen LogP contribution in [0.15, 0.2) is 23.3 Å². The minimum Gasteiger partial charge on any atom is -0.385 e. The Morgan fingerprint density at radius 3 is 2.79 bits per heavy atom. The number of carbonyl (C=O) groups excluding carboxylic acids is 2. The van der Waals surface area contributed by atoms with Gasteiger partial charge in [-0.1, -0.05) is 12.2 Å². The third-order valence-corrected chi connectivity index (χ3v) is 2.45. The Hall–Kier alpha value is -1.26. The molecule has 74 valence electrons. The van der Waals surface area contributed by atoms with Gasteiger partial charge in [0.1, 0.15) is 24.6 Å². The molecule has 1 N–H and O–H groups in total. The normalized spacial score (nSPS) is 36.1. The van der Waals surface area contributed by atoms with E-state index >= 15 is 0 Å². The third kappa shape index (κ3) is 1.15. The Kier molecular flexibility index (Phi) is 2.09. The van der Waals surface area contributed by atoms with Crippen molar-refractivity contribution in [3.05, 3.63) is 23.3 Å². The second kappa shape index (κ2) is 3.15. The van der Waals surface area contributed by atoms with Gasteiger partial charge in [0.15, 0.2) is 5.78 Å². The molecule has 0 amide bonds. The predicted octanol–water partition coefficient (Wildman–Crippen LogP) is -0.231. The van der Waals surface area contributed by atoms with Gasteiger partial charge in [0, 0.05) is 11.1 Å². The van der Waals surface area contributed by atoms with Crippen molar-refractivity contribution in [1.82, 2.24) is 0 Å². The number of hydrogen-bond acceptors (Lipinski definition) is 4. The van der Waals surface area contributed by atoms with Crippen molar-refractivity contribution < 1.29 is 19.4 Å². The first-order valence-corrected chi connectivity index (χ1v) is 4.40. The Morgan fingerprint density at radius 2 is 2.21 bits per heavy atom. The molecule has 1 aliphatic carbocycles. The summed E-state index contributed by atoms with van der Waals surface area (Å²) in [6, 6.07) is 0. The van der Waals surface area contributed by atoms with Gasteiger partial charge in [0.05, 0.1) is 0 Å². The molecule has 2 rings (SSSR count). The van der Waals surface area contributed by atoms with Gasteiger partial charge in [-0.25, -0.2) is 0 Å². The van der Waals surface area contributed by atoms with Gasteiger partial charge in [0.25, 0.3) is 0 Å². The monoisotopic (exact) mass is 194 g/mol. The topological polar surface area (TPSA) is 66.9 Å². The summed E-state index contributed by atoms with van der Waals surface area (Å²) in [5, 5.41) is 9.59. The van der Waals surface area contributed by atoms with E-state index in [0.717, 1.165) is 0 Å². The summed E-state index contributed by atoms with van der Waals surface area (Å²) in [4.78, 5) is 22.3. The Bertz CT molecular complexity index is 353. The molecule has 0 aromatic rings. The van der Waals surface area contributed by atoms with Crippen LogP contribution in [0.5, 0.6) is 0 Å². The van der Waals surface area contributed by atoms with Crippen LogP contribution in [0.1, 0.15) is 6.92 Å². The molecule has 1 fully saturated rings. The maximum atomic E-state index is 11.6. The summed E-state index contributed by atoms with van der Waals surface area (Å²) in [6.45, 7) is 1.74. The van der Waals surface area contributed by atoms with Gasteiger partial charge < -0.3 is 9.84 Å². The molecule has 1 heterocycles. The minimum absolute atomic E-state index is 0.131. The lowest BCUT2D eigenvalue weighted by atomic mass is 9.89. The second-order valence-corrected chi connectivity index (χ2v) is 3.32. The molecular formula is C10H10O4. The van der Waals surface area contributed by atoms with Crippen LogP contribution < -0.4 is 0 Å². The zero-order valence-electron chi connectivity index (χ0n) is 7.64. The van der Waals surface area contributed by atoms with E-state index in [1.54, 1.807) is 13.0 Å². The molecule has 14 heavy (non-hydrogen) atoms. The first-order chi connectivity index (χ1) is 6.70. The van der Waals surface area contributed by atoms with Crippen LogP contribution in [-0.4, -0.2) is 35.5 Å².